The van der Waals surface area contributed by atoms with E-state index in [0.717, 1.165) is 0 Å². The molecule has 2 rings (SSSR count). The predicted octanol–water partition coefficient (Wildman–Crippen LogP) is 1.76. The first-order valence-electron chi connectivity index (χ1n) is 5.15. The molecule has 0 N–H and O–H groups in total. The molecule has 0 unspecified atom stereocenters. The molecule has 0 aromatic heterocycles. The number of ketones is 1. The zero-order valence-corrected chi connectivity index (χ0v) is 9.00. The average molecular weight is 221 g/mol. The van der Waals surface area contributed by atoms with Crippen LogP contribution in [-0.4, -0.2) is 23.1 Å². The number of amides is 1. The Kier molecular flexibility index (Phi) is 2.73. The summed E-state index contributed by atoms with van der Waals surface area (Å²) in [5, 5.41) is 0. The molecule has 16 heavy (non-hydrogen) atoms. The van der Waals surface area contributed by atoms with E-state index in [9.17, 15) is 14.0 Å². The van der Waals surface area contributed by atoms with E-state index in [4.69, 9.17) is 0 Å². The smallest absolute Gasteiger partial charge is 0.219 e. The molecular weight excluding hydrogens is 209 g/mol. The highest BCUT2D eigenvalue weighted by atomic mass is 19.1. The van der Waals surface area contributed by atoms with Gasteiger partial charge in [0.1, 0.15) is 5.82 Å². The second-order valence-corrected chi connectivity index (χ2v) is 3.88. The molecule has 0 bridgehead atoms. The second-order valence-electron chi connectivity index (χ2n) is 3.88. The van der Waals surface area contributed by atoms with Gasteiger partial charge in [-0.05, 0) is 6.07 Å². The van der Waals surface area contributed by atoms with Crippen LogP contribution >= 0.6 is 0 Å². The van der Waals surface area contributed by atoms with Crippen molar-refractivity contribution in [2.45, 2.75) is 19.9 Å². The van der Waals surface area contributed by atoms with Gasteiger partial charge in [-0.1, -0.05) is 12.1 Å². The maximum atomic E-state index is 13.6. The number of fused-ring (bicyclic) bond motifs is 1. The summed E-state index contributed by atoms with van der Waals surface area (Å²) in [6.45, 7) is 1.97. The van der Waals surface area contributed by atoms with Crippen molar-refractivity contribution in [3.63, 3.8) is 0 Å². The first-order valence-corrected chi connectivity index (χ1v) is 5.15. The molecule has 0 aliphatic carbocycles. The van der Waals surface area contributed by atoms with E-state index in [1.54, 1.807) is 6.07 Å². The fraction of sp³-hybridized carbons (Fsp3) is 0.333. The minimum Gasteiger partial charge on any atom is -0.338 e. The van der Waals surface area contributed by atoms with Gasteiger partial charge in [0.25, 0.3) is 0 Å². The Morgan fingerprint density at radius 2 is 2.19 bits per heavy atom. The van der Waals surface area contributed by atoms with Gasteiger partial charge in [0.05, 0.1) is 0 Å². The Morgan fingerprint density at radius 3 is 2.88 bits per heavy atom. The quantitative estimate of drug-likeness (QED) is 0.669. The minimum atomic E-state index is -0.418. The van der Waals surface area contributed by atoms with E-state index >= 15 is 0 Å². The molecule has 1 heterocycles. The van der Waals surface area contributed by atoms with Crippen molar-refractivity contribution in [3.05, 3.63) is 35.1 Å². The molecule has 1 amide bonds. The molecule has 1 aromatic carbocycles. The fourth-order valence-corrected chi connectivity index (χ4v) is 1.89. The monoisotopic (exact) mass is 221 g/mol. The average Bonchev–Trinajstić information content (AvgIpc) is 2.40. The molecule has 0 atom stereocenters. The summed E-state index contributed by atoms with van der Waals surface area (Å²) in [5.74, 6) is -0.652. The number of nitrogens with zero attached hydrogens (tertiary/aromatic N) is 1. The predicted molar refractivity (Wildman–Crippen MR) is 56.4 cm³/mol. The van der Waals surface area contributed by atoms with Crippen LogP contribution in [0.2, 0.25) is 0 Å². The van der Waals surface area contributed by atoms with Crippen molar-refractivity contribution in [2.75, 3.05) is 6.54 Å². The molecule has 1 aliphatic heterocycles. The van der Waals surface area contributed by atoms with E-state index in [-0.39, 0.29) is 24.7 Å². The van der Waals surface area contributed by atoms with Crippen LogP contribution in [0.1, 0.15) is 29.3 Å². The van der Waals surface area contributed by atoms with Crippen LogP contribution < -0.4 is 0 Å². The number of rotatable bonds is 0. The van der Waals surface area contributed by atoms with Crippen molar-refractivity contribution in [1.82, 2.24) is 4.90 Å². The number of carbonyl (C=O) groups is 2. The minimum absolute atomic E-state index is 0.0988. The van der Waals surface area contributed by atoms with Crippen LogP contribution in [0.4, 0.5) is 4.39 Å². The summed E-state index contributed by atoms with van der Waals surface area (Å²) < 4.78 is 13.6. The zero-order chi connectivity index (χ0) is 11.7. The highest BCUT2D eigenvalue weighted by Gasteiger charge is 2.23. The SMILES string of the molecule is CC(=O)N1CCC(=O)c2cccc(F)c2C1. The number of halogens is 1. The van der Waals surface area contributed by atoms with E-state index in [0.29, 0.717) is 17.7 Å². The van der Waals surface area contributed by atoms with Gasteiger partial charge in [-0.3, -0.25) is 9.59 Å². The standard InChI is InChI=1S/C12H12FNO2/c1-8(15)14-6-5-12(16)9-3-2-4-11(13)10(9)7-14/h2-4H,5-7H2,1H3. The molecule has 0 saturated heterocycles. The lowest BCUT2D eigenvalue weighted by atomic mass is 10.0. The first-order chi connectivity index (χ1) is 7.59. The highest BCUT2D eigenvalue weighted by molar-refractivity contribution is 5.98. The number of Topliss-reactive ketones (excluding diaryl/α,β-unsaturated/α-hetero) is 1. The van der Waals surface area contributed by atoms with E-state index in [1.807, 2.05) is 0 Å². The topological polar surface area (TPSA) is 37.4 Å². The van der Waals surface area contributed by atoms with Gasteiger partial charge in [-0.15, -0.1) is 0 Å². The molecule has 0 saturated carbocycles. The van der Waals surface area contributed by atoms with Gasteiger partial charge in [0.2, 0.25) is 5.91 Å². The molecule has 3 nitrogen and oxygen atoms in total. The Labute approximate surface area is 92.9 Å². The zero-order valence-electron chi connectivity index (χ0n) is 9.00. The summed E-state index contributed by atoms with van der Waals surface area (Å²) in [7, 11) is 0. The first kappa shape index (κ1) is 10.8. The van der Waals surface area contributed by atoms with Gasteiger partial charge in [0, 0.05) is 37.6 Å². The van der Waals surface area contributed by atoms with Crippen LogP contribution in [0.15, 0.2) is 18.2 Å². The molecule has 0 spiro atoms. The highest BCUT2D eigenvalue weighted by Crippen LogP contribution is 2.21. The Hall–Kier alpha value is -1.71. The van der Waals surface area contributed by atoms with Crippen LogP contribution in [0.5, 0.6) is 0 Å². The van der Waals surface area contributed by atoms with Crippen molar-refractivity contribution in [3.8, 4) is 0 Å². The Balaban J connectivity index is 2.46. The maximum absolute atomic E-state index is 13.6. The van der Waals surface area contributed by atoms with Gasteiger partial charge in [0.15, 0.2) is 5.78 Å². The van der Waals surface area contributed by atoms with E-state index < -0.39 is 5.82 Å². The van der Waals surface area contributed by atoms with Crippen molar-refractivity contribution in [1.29, 1.82) is 0 Å². The molecular formula is C12H12FNO2. The third-order valence-corrected chi connectivity index (χ3v) is 2.82. The summed E-state index contributed by atoms with van der Waals surface area (Å²) in [4.78, 5) is 24.5. The van der Waals surface area contributed by atoms with Gasteiger partial charge in [-0.25, -0.2) is 4.39 Å². The maximum Gasteiger partial charge on any atom is 0.219 e. The molecule has 4 heteroatoms. The van der Waals surface area contributed by atoms with E-state index in [2.05, 4.69) is 0 Å². The lowest BCUT2D eigenvalue weighted by Crippen LogP contribution is -2.28. The van der Waals surface area contributed by atoms with Gasteiger partial charge >= 0.3 is 0 Å². The van der Waals surface area contributed by atoms with Crippen LogP contribution in [-0.2, 0) is 11.3 Å². The largest absolute Gasteiger partial charge is 0.338 e. The molecule has 0 radical (unpaired) electrons. The lowest BCUT2D eigenvalue weighted by molar-refractivity contribution is -0.129. The number of hydrogen-bond donors (Lipinski definition) is 0. The summed E-state index contributed by atoms with van der Waals surface area (Å²) >= 11 is 0. The van der Waals surface area contributed by atoms with Crippen molar-refractivity contribution in [2.24, 2.45) is 0 Å². The Morgan fingerprint density at radius 1 is 1.44 bits per heavy atom. The summed E-state index contributed by atoms with van der Waals surface area (Å²) in [5.41, 5.74) is 0.740. The summed E-state index contributed by atoms with van der Waals surface area (Å²) in [6, 6.07) is 4.45. The normalized spacial score (nSPS) is 15.6. The van der Waals surface area contributed by atoms with Crippen molar-refractivity contribution < 1.29 is 14.0 Å². The van der Waals surface area contributed by atoms with Crippen LogP contribution in [0, 0.1) is 5.82 Å². The third-order valence-electron chi connectivity index (χ3n) is 2.82. The van der Waals surface area contributed by atoms with Gasteiger partial charge < -0.3 is 4.90 Å². The molecule has 1 aliphatic rings. The molecule has 1 aromatic rings. The van der Waals surface area contributed by atoms with Gasteiger partial charge in [-0.2, -0.15) is 0 Å². The fourth-order valence-electron chi connectivity index (χ4n) is 1.89. The van der Waals surface area contributed by atoms with Crippen LogP contribution in [0.3, 0.4) is 0 Å². The Bertz CT molecular complexity index is 456. The molecule has 84 valence electrons. The molecule has 0 fully saturated rings. The number of benzene rings is 1. The van der Waals surface area contributed by atoms with Crippen LogP contribution in [0.25, 0.3) is 0 Å². The lowest BCUT2D eigenvalue weighted by Gasteiger charge is -2.18. The summed E-state index contributed by atoms with van der Waals surface area (Å²) in [6.07, 6.45) is 0.260. The number of carbonyl (C=O) groups excluding carboxylic acids is 2. The van der Waals surface area contributed by atoms with E-state index in [1.165, 1.54) is 24.0 Å². The number of hydrogen-bond acceptors (Lipinski definition) is 2. The van der Waals surface area contributed by atoms with Crippen molar-refractivity contribution >= 4 is 11.7 Å². The third kappa shape index (κ3) is 1.83. The second kappa shape index (κ2) is 4.04.